The Morgan fingerprint density at radius 1 is 1.04 bits per heavy atom. The molecule has 2 atom stereocenters. The third-order valence-electron chi connectivity index (χ3n) is 7.14. The van der Waals surface area contributed by atoms with Crippen molar-refractivity contribution in [3.63, 3.8) is 0 Å². The molecule has 2 unspecified atom stereocenters. The van der Waals surface area contributed by atoms with Gasteiger partial charge in [-0.05, 0) is 81.9 Å². The summed E-state index contributed by atoms with van der Waals surface area (Å²) in [5, 5.41) is 7.92. The van der Waals surface area contributed by atoms with Gasteiger partial charge in [-0.25, -0.2) is 0 Å². The highest BCUT2D eigenvalue weighted by molar-refractivity contribution is 5.85. The van der Waals surface area contributed by atoms with Crippen molar-refractivity contribution in [1.29, 1.82) is 0 Å². The van der Waals surface area contributed by atoms with Crippen LogP contribution in [0.5, 0.6) is 0 Å². The smallest absolute Gasteiger partial charge is 0.250 e. The number of rotatable bonds is 2. The van der Waals surface area contributed by atoms with E-state index >= 15 is 0 Å². The molecule has 0 spiro atoms. The van der Waals surface area contributed by atoms with Crippen LogP contribution in [0, 0.1) is 17.8 Å². The Kier molecular flexibility index (Phi) is 3.47. The van der Waals surface area contributed by atoms with Gasteiger partial charge in [0, 0.05) is 25.0 Å². The van der Waals surface area contributed by atoms with Gasteiger partial charge in [0.25, 0.3) is 5.91 Å². The number of fused-ring (bicyclic) bond motifs is 1. The van der Waals surface area contributed by atoms with Gasteiger partial charge in [-0.2, -0.15) is 5.10 Å². The fraction of sp³-hybridized carbons (Fsp3) is 0.789. The summed E-state index contributed by atoms with van der Waals surface area (Å²) in [6.07, 6.45) is 12.1. The molecule has 5 heteroatoms. The van der Waals surface area contributed by atoms with Crippen LogP contribution in [0.25, 0.3) is 0 Å². The molecule has 1 amide bonds. The quantitative estimate of drug-likeness (QED) is 0.903. The Morgan fingerprint density at radius 3 is 2.42 bits per heavy atom. The third kappa shape index (κ3) is 2.24. The van der Waals surface area contributed by atoms with E-state index in [1.807, 2.05) is 23.1 Å². The lowest BCUT2D eigenvalue weighted by molar-refractivity contribution is -0.146. The van der Waals surface area contributed by atoms with Crippen molar-refractivity contribution in [2.45, 2.75) is 56.5 Å². The van der Waals surface area contributed by atoms with Gasteiger partial charge in [0.05, 0.1) is 0 Å². The molecule has 1 aromatic rings. The standard InChI is InChI=1S/C19H28N4O/c24-18(19(2-5-20-6-3-19)23-7-1-4-21-23)22-13-16-9-14-8-15(10-16)12-17(22)11-14/h1,4,7,14-17,20H,2-3,5-6,8-13H2. The minimum absolute atomic E-state index is 0.353. The molecule has 5 aliphatic rings. The number of amides is 1. The van der Waals surface area contributed by atoms with Crippen molar-refractivity contribution in [1.82, 2.24) is 20.0 Å². The number of carbonyl (C=O) groups excluding carboxylic acids is 1. The fourth-order valence-electron chi connectivity index (χ4n) is 6.20. The van der Waals surface area contributed by atoms with Crippen LogP contribution < -0.4 is 5.32 Å². The second kappa shape index (κ2) is 5.58. The van der Waals surface area contributed by atoms with Crippen LogP contribution in [-0.2, 0) is 10.3 Å². The summed E-state index contributed by atoms with van der Waals surface area (Å²) in [4.78, 5) is 16.1. The normalized spacial score (nSPS) is 37.4. The highest BCUT2D eigenvalue weighted by Gasteiger charge is 2.50. The number of nitrogens with one attached hydrogen (secondary N) is 1. The Bertz CT molecular complexity index is 593. The first-order chi connectivity index (χ1) is 11.7. The van der Waals surface area contributed by atoms with Crippen LogP contribution in [0.1, 0.15) is 44.9 Å². The van der Waals surface area contributed by atoms with Crippen molar-refractivity contribution >= 4 is 5.91 Å². The van der Waals surface area contributed by atoms with Crippen molar-refractivity contribution in [3.05, 3.63) is 18.5 Å². The molecule has 130 valence electrons. The summed E-state index contributed by atoms with van der Waals surface area (Å²) in [7, 11) is 0. The van der Waals surface area contributed by atoms with Crippen LogP contribution in [0.3, 0.4) is 0 Å². The summed E-state index contributed by atoms with van der Waals surface area (Å²) >= 11 is 0. The average molecular weight is 328 g/mol. The molecule has 24 heavy (non-hydrogen) atoms. The molecular formula is C19H28N4O. The molecule has 1 aromatic heterocycles. The van der Waals surface area contributed by atoms with Gasteiger partial charge >= 0.3 is 0 Å². The van der Waals surface area contributed by atoms with Crippen molar-refractivity contribution in [3.8, 4) is 0 Å². The molecule has 0 radical (unpaired) electrons. The maximum atomic E-state index is 13.8. The summed E-state index contributed by atoms with van der Waals surface area (Å²) in [5.41, 5.74) is -0.462. The molecule has 5 nitrogen and oxygen atoms in total. The summed E-state index contributed by atoms with van der Waals surface area (Å²) in [6, 6.07) is 2.43. The molecule has 2 saturated carbocycles. The maximum Gasteiger partial charge on any atom is 0.250 e. The van der Waals surface area contributed by atoms with E-state index in [4.69, 9.17) is 0 Å². The van der Waals surface area contributed by atoms with E-state index in [0.29, 0.717) is 11.9 Å². The van der Waals surface area contributed by atoms with Crippen LogP contribution >= 0.6 is 0 Å². The van der Waals surface area contributed by atoms with Gasteiger partial charge < -0.3 is 10.2 Å². The first-order valence-electron chi connectivity index (χ1n) is 9.76. The summed E-state index contributed by atoms with van der Waals surface area (Å²) < 4.78 is 1.96. The molecule has 6 rings (SSSR count). The Balaban J connectivity index is 1.49. The minimum atomic E-state index is -0.462. The van der Waals surface area contributed by atoms with Crippen molar-refractivity contribution in [2.75, 3.05) is 19.6 Å². The van der Waals surface area contributed by atoms with Crippen LogP contribution in [0.15, 0.2) is 18.5 Å². The molecule has 2 aliphatic carbocycles. The van der Waals surface area contributed by atoms with Gasteiger partial charge in [0.2, 0.25) is 0 Å². The molecule has 0 aromatic carbocycles. The van der Waals surface area contributed by atoms with Gasteiger partial charge in [-0.1, -0.05) is 0 Å². The lowest BCUT2D eigenvalue weighted by atomic mass is 9.68. The molecule has 1 N–H and O–H groups in total. The predicted octanol–water partition coefficient (Wildman–Crippen LogP) is 2.00. The summed E-state index contributed by atoms with van der Waals surface area (Å²) in [6.45, 7) is 2.80. The first kappa shape index (κ1) is 14.9. The lowest BCUT2D eigenvalue weighted by Gasteiger charge is -2.43. The van der Waals surface area contributed by atoms with E-state index in [0.717, 1.165) is 50.2 Å². The second-order valence-electron chi connectivity index (χ2n) is 8.62. The Labute approximate surface area is 143 Å². The van der Waals surface area contributed by atoms with Crippen molar-refractivity contribution < 1.29 is 4.79 Å². The number of carbonyl (C=O) groups is 1. The van der Waals surface area contributed by atoms with Crippen LogP contribution in [0.2, 0.25) is 0 Å². The lowest BCUT2D eigenvalue weighted by Crippen LogP contribution is -2.58. The first-order valence-corrected chi connectivity index (χ1v) is 9.76. The van der Waals surface area contributed by atoms with E-state index in [1.54, 1.807) is 0 Å². The minimum Gasteiger partial charge on any atom is -0.337 e. The topological polar surface area (TPSA) is 50.2 Å². The molecular weight excluding hydrogens is 300 g/mol. The van der Waals surface area contributed by atoms with E-state index in [9.17, 15) is 4.79 Å². The summed E-state index contributed by atoms with van der Waals surface area (Å²) in [5.74, 6) is 2.84. The van der Waals surface area contributed by atoms with Crippen LogP contribution in [0.4, 0.5) is 0 Å². The van der Waals surface area contributed by atoms with E-state index in [2.05, 4.69) is 15.3 Å². The van der Waals surface area contributed by atoms with Gasteiger partial charge in [0.15, 0.2) is 0 Å². The zero-order valence-corrected chi connectivity index (χ0v) is 14.4. The number of aromatic nitrogens is 2. The SMILES string of the molecule is O=C(N1CC2CC3CC(C2)CC1C3)C1(n2cccn2)CCNCC1. The Morgan fingerprint density at radius 2 is 1.75 bits per heavy atom. The molecule has 3 saturated heterocycles. The number of piperidine rings is 1. The fourth-order valence-corrected chi connectivity index (χ4v) is 6.20. The van der Waals surface area contributed by atoms with E-state index < -0.39 is 5.54 Å². The molecule has 4 heterocycles. The van der Waals surface area contributed by atoms with Crippen LogP contribution in [-0.4, -0.2) is 46.3 Å². The molecule has 5 fully saturated rings. The number of hydrogen-bond donors (Lipinski definition) is 1. The maximum absolute atomic E-state index is 13.8. The van der Waals surface area contributed by atoms with Gasteiger partial charge in [-0.3, -0.25) is 9.48 Å². The van der Waals surface area contributed by atoms with Gasteiger partial charge in [0.1, 0.15) is 5.54 Å². The number of hydrogen-bond acceptors (Lipinski definition) is 3. The second-order valence-corrected chi connectivity index (χ2v) is 8.62. The zero-order valence-electron chi connectivity index (χ0n) is 14.4. The highest BCUT2D eigenvalue weighted by Crippen LogP contribution is 2.48. The largest absolute Gasteiger partial charge is 0.337 e. The van der Waals surface area contributed by atoms with Crippen molar-refractivity contribution in [2.24, 2.45) is 17.8 Å². The van der Waals surface area contributed by atoms with E-state index in [1.165, 1.54) is 32.1 Å². The highest BCUT2D eigenvalue weighted by atomic mass is 16.2. The van der Waals surface area contributed by atoms with Gasteiger partial charge in [-0.15, -0.1) is 0 Å². The molecule has 4 bridgehead atoms. The average Bonchev–Trinajstić information content (AvgIpc) is 3.07. The predicted molar refractivity (Wildman–Crippen MR) is 91.4 cm³/mol. The Hall–Kier alpha value is -1.36. The third-order valence-corrected chi connectivity index (χ3v) is 7.14. The number of nitrogens with zero attached hydrogens (tertiary/aromatic N) is 3. The monoisotopic (exact) mass is 328 g/mol. The van der Waals surface area contributed by atoms with E-state index in [-0.39, 0.29) is 0 Å². The zero-order chi connectivity index (χ0) is 16.1. The molecule has 3 aliphatic heterocycles.